The van der Waals surface area contributed by atoms with Crippen LogP contribution in [0.1, 0.15) is 32.3 Å². The Bertz CT molecular complexity index is 1170. The molecule has 11 heteroatoms. The third-order valence-corrected chi connectivity index (χ3v) is 5.18. The van der Waals surface area contributed by atoms with Gasteiger partial charge in [0.25, 0.3) is 0 Å². The summed E-state index contributed by atoms with van der Waals surface area (Å²) < 4.78 is 30.0. The lowest BCUT2D eigenvalue weighted by Crippen LogP contribution is -2.37. The molecule has 0 radical (unpaired) electrons. The Morgan fingerprint density at radius 2 is 1.61 bits per heavy atom. The van der Waals surface area contributed by atoms with Crippen LogP contribution < -0.4 is 24.8 Å². The number of nitrogens with one attached hydrogen (secondary N) is 2. The standard InChI is InChI=1S/C25H28FN5O5/c1-25(2,21(32)33)36-20-11-9-19(10-12-20)34-13-14-35-24-30-22(29-23(31-24)28-18-7-8-18)27-15-16-3-5-17(26)6-4-16/h3-6,9-12,18H,7-8,13-15H2,1-2H3,(H,32,33)(H2,27,28,29,30,31). The number of nitrogens with zero attached hydrogens (tertiary/aromatic N) is 3. The average Bonchev–Trinajstić information content (AvgIpc) is 3.66. The number of rotatable bonds is 13. The molecule has 3 N–H and O–H groups in total. The predicted octanol–water partition coefficient (Wildman–Crippen LogP) is 3.90. The van der Waals surface area contributed by atoms with Crippen LogP contribution in [0, 0.1) is 5.82 Å². The maximum Gasteiger partial charge on any atom is 0.347 e. The molecule has 2 aromatic carbocycles. The fraction of sp³-hybridized carbons (Fsp3) is 0.360. The molecule has 1 aliphatic carbocycles. The van der Waals surface area contributed by atoms with Crippen LogP contribution in [0.4, 0.5) is 16.3 Å². The summed E-state index contributed by atoms with van der Waals surface area (Å²) in [5, 5.41) is 15.5. The first-order valence-corrected chi connectivity index (χ1v) is 11.6. The number of carboxylic acid groups (broad SMARTS) is 1. The van der Waals surface area contributed by atoms with Crippen LogP contribution >= 0.6 is 0 Å². The minimum Gasteiger partial charge on any atom is -0.490 e. The first-order valence-electron chi connectivity index (χ1n) is 11.6. The van der Waals surface area contributed by atoms with E-state index in [9.17, 15) is 9.18 Å². The van der Waals surface area contributed by atoms with Gasteiger partial charge in [0, 0.05) is 12.6 Å². The van der Waals surface area contributed by atoms with E-state index in [4.69, 9.17) is 19.3 Å². The lowest BCUT2D eigenvalue weighted by atomic mass is 10.1. The second kappa shape index (κ2) is 11.1. The number of carbonyl (C=O) groups is 1. The van der Waals surface area contributed by atoms with E-state index in [0.717, 1.165) is 18.4 Å². The van der Waals surface area contributed by atoms with Crippen LogP contribution in [0.25, 0.3) is 0 Å². The first kappa shape index (κ1) is 25.0. The minimum atomic E-state index is -1.33. The SMILES string of the molecule is CC(C)(Oc1ccc(OCCOc2nc(NCc3ccc(F)cc3)nc(NC3CC3)n2)cc1)C(=O)O. The van der Waals surface area contributed by atoms with E-state index in [2.05, 4.69) is 25.6 Å². The molecule has 190 valence electrons. The molecule has 1 aromatic heterocycles. The summed E-state index contributed by atoms with van der Waals surface area (Å²) in [6.45, 7) is 3.80. The lowest BCUT2D eigenvalue weighted by molar-refractivity contribution is -0.152. The molecule has 0 unspecified atom stereocenters. The van der Waals surface area contributed by atoms with Gasteiger partial charge in [-0.1, -0.05) is 12.1 Å². The van der Waals surface area contributed by atoms with Crippen molar-refractivity contribution in [3.05, 3.63) is 59.9 Å². The van der Waals surface area contributed by atoms with Gasteiger partial charge in [0.05, 0.1) is 0 Å². The highest BCUT2D eigenvalue weighted by Gasteiger charge is 2.29. The van der Waals surface area contributed by atoms with Crippen molar-refractivity contribution >= 4 is 17.9 Å². The van der Waals surface area contributed by atoms with Crippen LogP contribution in [0.15, 0.2) is 48.5 Å². The number of ether oxygens (including phenoxy) is 3. The molecule has 1 heterocycles. The molecule has 1 aliphatic rings. The maximum atomic E-state index is 13.1. The third kappa shape index (κ3) is 7.42. The number of aromatic nitrogens is 3. The van der Waals surface area contributed by atoms with Crippen LogP contribution in [-0.2, 0) is 11.3 Å². The van der Waals surface area contributed by atoms with Crippen LogP contribution in [0.3, 0.4) is 0 Å². The van der Waals surface area contributed by atoms with Gasteiger partial charge in [-0.2, -0.15) is 15.0 Å². The minimum absolute atomic E-state index is 0.151. The van der Waals surface area contributed by atoms with Gasteiger partial charge in [-0.3, -0.25) is 0 Å². The largest absolute Gasteiger partial charge is 0.490 e. The van der Waals surface area contributed by atoms with Crippen molar-refractivity contribution in [3.63, 3.8) is 0 Å². The van der Waals surface area contributed by atoms with Gasteiger partial charge in [-0.25, -0.2) is 9.18 Å². The van der Waals surface area contributed by atoms with Gasteiger partial charge >= 0.3 is 12.0 Å². The zero-order valence-corrected chi connectivity index (χ0v) is 20.0. The highest BCUT2D eigenvalue weighted by atomic mass is 19.1. The molecular weight excluding hydrogens is 469 g/mol. The van der Waals surface area contributed by atoms with Crippen LogP contribution in [0.2, 0.25) is 0 Å². The number of halogens is 1. The zero-order valence-electron chi connectivity index (χ0n) is 20.0. The van der Waals surface area contributed by atoms with Crippen LogP contribution in [-0.4, -0.2) is 50.9 Å². The number of aliphatic carboxylic acids is 1. The molecule has 0 amide bonds. The molecule has 0 aliphatic heterocycles. The van der Waals surface area contributed by atoms with E-state index < -0.39 is 11.6 Å². The highest BCUT2D eigenvalue weighted by molar-refractivity contribution is 5.76. The normalized spacial score (nSPS) is 13.1. The monoisotopic (exact) mass is 497 g/mol. The molecule has 1 saturated carbocycles. The molecule has 4 rings (SSSR count). The summed E-state index contributed by atoms with van der Waals surface area (Å²) in [5.74, 6) is 0.417. The van der Waals surface area contributed by atoms with Gasteiger partial charge < -0.3 is 30.0 Å². The smallest absolute Gasteiger partial charge is 0.347 e. The van der Waals surface area contributed by atoms with Crippen molar-refractivity contribution < 1.29 is 28.5 Å². The lowest BCUT2D eigenvalue weighted by Gasteiger charge is -2.21. The average molecular weight is 498 g/mol. The molecule has 0 atom stereocenters. The quantitative estimate of drug-likeness (QED) is 0.299. The Morgan fingerprint density at radius 3 is 2.28 bits per heavy atom. The van der Waals surface area contributed by atoms with Gasteiger partial charge in [-0.05, 0) is 68.7 Å². The van der Waals surface area contributed by atoms with E-state index in [0.29, 0.717) is 36.0 Å². The van der Waals surface area contributed by atoms with E-state index in [-0.39, 0.29) is 25.0 Å². The molecule has 0 bridgehead atoms. The third-order valence-electron chi connectivity index (χ3n) is 5.18. The Hall–Kier alpha value is -4.15. The first-order chi connectivity index (χ1) is 17.3. The Balaban J connectivity index is 1.29. The highest BCUT2D eigenvalue weighted by Crippen LogP contribution is 2.24. The summed E-state index contributed by atoms with van der Waals surface area (Å²) in [4.78, 5) is 24.2. The molecule has 10 nitrogen and oxygen atoms in total. The number of benzene rings is 2. The number of hydrogen-bond donors (Lipinski definition) is 3. The molecule has 0 spiro atoms. The summed E-state index contributed by atoms with van der Waals surface area (Å²) >= 11 is 0. The van der Waals surface area contributed by atoms with E-state index in [1.165, 1.54) is 26.0 Å². The van der Waals surface area contributed by atoms with Crippen molar-refractivity contribution in [2.24, 2.45) is 0 Å². The van der Waals surface area contributed by atoms with Gasteiger partial charge in [0.1, 0.15) is 30.5 Å². The van der Waals surface area contributed by atoms with Crippen LogP contribution in [0.5, 0.6) is 17.5 Å². The second-order valence-electron chi connectivity index (χ2n) is 8.75. The van der Waals surface area contributed by atoms with Crippen molar-refractivity contribution in [3.8, 4) is 17.5 Å². The van der Waals surface area contributed by atoms with Crippen molar-refractivity contribution in [2.75, 3.05) is 23.8 Å². The van der Waals surface area contributed by atoms with E-state index in [1.54, 1.807) is 36.4 Å². The topological polar surface area (TPSA) is 128 Å². The number of carboxylic acids is 1. The van der Waals surface area contributed by atoms with E-state index in [1.807, 2.05) is 0 Å². The number of hydrogen-bond acceptors (Lipinski definition) is 9. The fourth-order valence-electron chi connectivity index (χ4n) is 2.99. The Labute approximate surface area is 207 Å². The molecule has 36 heavy (non-hydrogen) atoms. The maximum absolute atomic E-state index is 13.1. The zero-order chi connectivity index (χ0) is 25.5. The van der Waals surface area contributed by atoms with E-state index >= 15 is 0 Å². The fourth-order valence-corrected chi connectivity index (χ4v) is 2.99. The molecule has 3 aromatic rings. The predicted molar refractivity (Wildman–Crippen MR) is 130 cm³/mol. The summed E-state index contributed by atoms with van der Waals surface area (Å²) in [5.41, 5.74) is -0.451. The second-order valence-corrected chi connectivity index (χ2v) is 8.75. The van der Waals surface area contributed by atoms with Gasteiger partial charge in [0.2, 0.25) is 11.9 Å². The molecule has 0 saturated heterocycles. The van der Waals surface area contributed by atoms with Crippen molar-refractivity contribution in [1.82, 2.24) is 15.0 Å². The van der Waals surface area contributed by atoms with Crippen molar-refractivity contribution in [1.29, 1.82) is 0 Å². The van der Waals surface area contributed by atoms with Gasteiger partial charge in [-0.15, -0.1) is 0 Å². The Kier molecular flexibility index (Phi) is 7.67. The van der Waals surface area contributed by atoms with Gasteiger partial charge in [0.15, 0.2) is 5.60 Å². The molecular formula is C25H28FN5O5. The summed E-state index contributed by atoms with van der Waals surface area (Å²) in [6.07, 6.45) is 2.12. The number of anilines is 2. The molecule has 1 fully saturated rings. The summed E-state index contributed by atoms with van der Waals surface area (Å²) in [6, 6.07) is 13.3. The van der Waals surface area contributed by atoms with Crippen molar-refractivity contribution in [2.45, 2.75) is 44.9 Å². The Morgan fingerprint density at radius 1 is 0.972 bits per heavy atom. The summed E-state index contributed by atoms with van der Waals surface area (Å²) in [7, 11) is 0.